The first-order valence-corrected chi connectivity index (χ1v) is 10.00. The molecule has 2 saturated heterocycles. The fourth-order valence-corrected chi connectivity index (χ4v) is 4.02. The molecule has 128 valence electrons. The highest BCUT2D eigenvalue weighted by Crippen LogP contribution is 2.38. The van der Waals surface area contributed by atoms with Gasteiger partial charge in [-0.3, -0.25) is 38.1 Å². The smallest absolute Gasteiger partial charge is 0.324 e. The van der Waals surface area contributed by atoms with Crippen LogP contribution in [0, 0.1) is 0 Å². The van der Waals surface area contributed by atoms with Crippen LogP contribution in [0.4, 0.5) is 0 Å². The average molecular weight is 364 g/mol. The van der Waals surface area contributed by atoms with Crippen molar-refractivity contribution in [3.63, 3.8) is 0 Å². The van der Waals surface area contributed by atoms with Crippen LogP contribution in [0.15, 0.2) is 0 Å². The lowest BCUT2D eigenvalue weighted by atomic mass is 10.4. The molecule has 2 fully saturated rings. The van der Waals surface area contributed by atoms with E-state index in [9.17, 15) is 23.7 Å². The Morgan fingerprint density at radius 1 is 1.13 bits per heavy atom. The van der Waals surface area contributed by atoms with Gasteiger partial charge < -0.3 is 4.89 Å². The van der Waals surface area contributed by atoms with E-state index >= 15 is 0 Å². The molecule has 2 aliphatic heterocycles. The van der Waals surface area contributed by atoms with Gasteiger partial charge in [-0.15, -0.1) is 11.8 Å². The monoisotopic (exact) mass is 364 g/mol. The van der Waals surface area contributed by atoms with Gasteiger partial charge >= 0.3 is 7.60 Å². The van der Waals surface area contributed by atoms with Crippen molar-refractivity contribution in [1.82, 2.24) is 9.80 Å². The second-order valence-electron chi connectivity index (χ2n) is 5.23. The standard InChI is InChI=1S/C12H17N2O7PS/c1-22(19,20)21-7-23-8-6-11(17)14(12(8)18)5-4-13-9(15)2-3-10(13)16/h8H,2-7H2,1H3,(H,19,20). The molecule has 0 aromatic heterocycles. The van der Waals surface area contributed by atoms with Crippen molar-refractivity contribution in [1.29, 1.82) is 0 Å². The molecule has 0 radical (unpaired) electrons. The molecule has 9 nitrogen and oxygen atoms in total. The van der Waals surface area contributed by atoms with Gasteiger partial charge in [0.05, 0.1) is 5.25 Å². The van der Waals surface area contributed by atoms with Gasteiger partial charge in [0.15, 0.2) is 0 Å². The maximum Gasteiger partial charge on any atom is 0.325 e. The number of likely N-dealkylation sites (tertiary alicyclic amines) is 2. The van der Waals surface area contributed by atoms with Crippen molar-refractivity contribution in [2.75, 3.05) is 25.7 Å². The molecule has 0 aromatic carbocycles. The lowest BCUT2D eigenvalue weighted by Gasteiger charge is -2.19. The number of nitrogens with zero attached hydrogens (tertiary/aromatic N) is 2. The van der Waals surface area contributed by atoms with E-state index in [0.29, 0.717) is 0 Å². The summed E-state index contributed by atoms with van der Waals surface area (Å²) in [6.45, 7) is 1.01. The summed E-state index contributed by atoms with van der Waals surface area (Å²) >= 11 is 0.972. The Morgan fingerprint density at radius 3 is 2.26 bits per heavy atom. The lowest BCUT2D eigenvalue weighted by Crippen LogP contribution is -2.40. The lowest BCUT2D eigenvalue weighted by molar-refractivity contribution is -0.143. The van der Waals surface area contributed by atoms with Crippen LogP contribution in [0.25, 0.3) is 0 Å². The molecule has 1 N–H and O–H groups in total. The number of hydrogen-bond acceptors (Lipinski definition) is 7. The van der Waals surface area contributed by atoms with Crippen LogP contribution in [0.5, 0.6) is 0 Å². The van der Waals surface area contributed by atoms with Gasteiger partial charge in [-0.25, -0.2) is 0 Å². The summed E-state index contributed by atoms with van der Waals surface area (Å²) in [6.07, 6.45) is 0.289. The number of carbonyl (C=O) groups is 4. The van der Waals surface area contributed by atoms with E-state index in [1.165, 1.54) is 0 Å². The third-order valence-electron chi connectivity index (χ3n) is 3.47. The molecule has 11 heteroatoms. The number of carbonyl (C=O) groups excluding carboxylic acids is 4. The van der Waals surface area contributed by atoms with Crippen molar-refractivity contribution in [3.05, 3.63) is 0 Å². The zero-order valence-corrected chi connectivity index (χ0v) is 14.2. The minimum atomic E-state index is -3.63. The van der Waals surface area contributed by atoms with Gasteiger partial charge in [0.25, 0.3) is 0 Å². The molecule has 2 unspecified atom stereocenters. The number of amides is 4. The maximum absolute atomic E-state index is 12.1. The Hall–Kier alpha value is -1.22. The van der Waals surface area contributed by atoms with Gasteiger partial charge in [-0.1, -0.05) is 0 Å². The van der Waals surface area contributed by atoms with E-state index in [2.05, 4.69) is 4.52 Å². The third-order valence-corrected chi connectivity index (χ3v) is 5.27. The van der Waals surface area contributed by atoms with Crippen LogP contribution in [0.3, 0.4) is 0 Å². The summed E-state index contributed by atoms with van der Waals surface area (Å²) < 4.78 is 15.7. The first kappa shape index (κ1) is 18.1. The second kappa shape index (κ2) is 7.12. The zero-order chi connectivity index (χ0) is 17.2. The van der Waals surface area contributed by atoms with E-state index in [4.69, 9.17) is 4.89 Å². The van der Waals surface area contributed by atoms with Gasteiger partial charge in [-0.05, 0) is 0 Å². The highest BCUT2D eigenvalue weighted by Gasteiger charge is 2.40. The van der Waals surface area contributed by atoms with Gasteiger partial charge in [0.1, 0.15) is 5.94 Å². The minimum Gasteiger partial charge on any atom is -0.324 e. The van der Waals surface area contributed by atoms with Crippen LogP contribution < -0.4 is 0 Å². The summed E-state index contributed by atoms with van der Waals surface area (Å²) in [5, 5.41) is -0.681. The molecule has 0 aliphatic carbocycles. The highest BCUT2D eigenvalue weighted by molar-refractivity contribution is 8.00. The van der Waals surface area contributed by atoms with E-state index < -0.39 is 24.7 Å². The minimum absolute atomic E-state index is 0.00380. The summed E-state index contributed by atoms with van der Waals surface area (Å²) in [4.78, 5) is 58.1. The Kier molecular flexibility index (Phi) is 5.61. The summed E-state index contributed by atoms with van der Waals surface area (Å²) in [7, 11) is -3.63. The summed E-state index contributed by atoms with van der Waals surface area (Å²) in [6, 6.07) is 0. The van der Waals surface area contributed by atoms with Crippen LogP contribution in [-0.4, -0.2) is 69.3 Å². The Balaban J connectivity index is 1.85. The van der Waals surface area contributed by atoms with E-state index in [0.717, 1.165) is 28.2 Å². The number of imide groups is 2. The highest BCUT2D eigenvalue weighted by atomic mass is 32.2. The van der Waals surface area contributed by atoms with E-state index in [1.807, 2.05) is 0 Å². The van der Waals surface area contributed by atoms with Crippen molar-refractivity contribution >= 4 is 43.0 Å². The molecule has 23 heavy (non-hydrogen) atoms. The summed E-state index contributed by atoms with van der Waals surface area (Å²) in [5.74, 6) is -1.60. The molecule has 2 atom stereocenters. The molecule has 2 heterocycles. The molecule has 0 aromatic rings. The van der Waals surface area contributed by atoms with Gasteiger partial charge in [0, 0.05) is 39.0 Å². The molecule has 0 saturated carbocycles. The van der Waals surface area contributed by atoms with Crippen LogP contribution in [0.2, 0.25) is 0 Å². The van der Waals surface area contributed by atoms with Gasteiger partial charge in [-0.2, -0.15) is 0 Å². The predicted octanol–water partition coefficient (Wildman–Crippen LogP) is -0.215. The zero-order valence-electron chi connectivity index (χ0n) is 12.5. The first-order chi connectivity index (χ1) is 10.7. The number of thioether (sulfide) groups is 1. The summed E-state index contributed by atoms with van der Waals surface area (Å²) in [5.41, 5.74) is 0. The molecular formula is C12H17N2O7PS. The fraction of sp³-hybridized carbons (Fsp3) is 0.667. The second-order valence-corrected chi connectivity index (χ2v) is 8.23. The third kappa shape index (κ3) is 4.63. The average Bonchev–Trinajstić information content (AvgIpc) is 2.89. The molecule has 0 bridgehead atoms. The largest absolute Gasteiger partial charge is 0.325 e. The van der Waals surface area contributed by atoms with Crippen molar-refractivity contribution < 1.29 is 33.2 Å². The van der Waals surface area contributed by atoms with Gasteiger partial charge in [0.2, 0.25) is 23.6 Å². The molecular weight excluding hydrogens is 347 g/mol. The Morgan fingerprint density at radius 2 is 1.70 bits per heavy atom. The van der Waals surface area contributed by atoms with Crippen molar-refractivity contribution in [2.45, 2.75) is 24.5 Å². The van der Waals surface area contributed by atoms with E-state index in [1.54, 1.807) is 0 Å². The first-order valence-electron chi connectivity index (χ1n) is 6.93. The molecule has 2 rings (SSSR count). The van der Waals surface area contributed by atoms with Crippen LogP contribution in [0.1, 0.15) is 19.3 Å². The van der Waals surface area contributed by atoms with Crippen LogP contribution >= 0.6 is 19.4 Å². The molecule has 4 amide bonds. The van der Waals surface area contributed by atoms with Crippen LogP contribution in [-0.2, 0) is 28.3 Å². The number of hydrogen-bond donors (Lipinski definition) is 1. The Bertz CT molecular complexity index is 574. The van der Waals surface area contributed by atoms with E-state index in [-0.39, 0.29) is 50.1 Å². The molecule has 0 spiro atoms. The maximum atomic E-state index is 12.1. The normalized spacial score (nSPS) is 24.7. The molecule has 2 aliphatic rings. The van der Waals surface area contributed by atoms with Crippen molar-refractivity contribution in [3.8, 4) is 0 Å². The number of rotatable bonds is 7. The fourth-order valence-electron chi connectivity index (χ4n) is 2.30. The quantitative estimate of drug-likeness (QED) is 0.374. The van der Waals surface area contributed by atoms with Crippen molar-refractivity contribution in [2.24, 2.45) is 0 Å². The Labute approximate surface area is 136 Å². The predicted molar refractivity (Wildman–Crippen MR) is 80.4 cm³/mol. The SMILES string of the molecule is CP(=O)(O)OCSC1CC(=O)N(CCN2C(=O)CCC2=O)C1=O. The topological polar surface area (TPSA) is 121 Å².